The number of aliphatic imine (C=N–C) groups is 1. The summed E-state index contributed by atoms with van der Waals surface area (Å²) in [6, 6.07) is 19.2. The van der Waals surface area contributed by atoms with Crippen molar-refractivity contribution in [2.45, 2.75) is 24.5 Å². The Kier molecular flexibility index (Phi) is 7.60. The maximum Gasteiger partial charge on any atom is 0.193 e. The lowest BCUT2D eigenvalue weighted by molar-refractivity contribution is 0.185. The van der Waals surface area contributed by atoms with E-state index < -0.39 is 0 Å². The van der Waals surface area contributed by atoms with E-state index in [0.29, 0.717) is 12.5 Å². The van der Waals surface area contributed by atoms with E-state index in [2.05, 4.69) is 69.8 Å². The highest BCUT2D eigenvalue weighted by atomic mass is 32.2. The summed E-state index contributed by atoms with van der Waals surface area (Å²) < 4.78 is 5.17. The predicted octanol–water partition coefficient (Wildman–Crippen LogP) is 4.02. The number of hydrogen-bond donors (Lipinski definition) is 1. The molecule has 1 aliphatic rings. The maximum atomic E-state index is 5.17. The summed E-state index contributed by atoms with van der Waals surface area (Å²) in [6.45, 7) is 3.60. The lowest BCUT2D eigenvalue weighted by Gasteiger charge is -2.22. The fourth-order valence-corrected chi connectivity index (χ4v) is 4.38. The molecule has 0 aliphatic carbocycles. The molecule has 0 amide bonds. The summed E-state index contributed by atoms with van der Waals surface area (Å²) in [6.07, 6.45) is 1.23. The average Bonchev–Trinajstić information content (AvgIpc) is 3.18. The molecule has 0 aromatic heterocycles. The molecule has 4 nitrogen and oxygen atoms in total. The lowest BCUT2D eigenvalue weighted by Crippen LogP contribution is -2.39. The number of thioether (sulfide) groups is 1. The van der Waals surface area contributed by atoms with Gasteiger partial charge in [-0.2, -0.15) is 0 Å². The Morgan fingerprint density at radius 1 is 1.15 bits per heavy atom. The third-order valence-corrected chi connectivity index (χ3v) is 6.05. The normalized spacial score (nSPS) is 17.3. The van der Waals surface area contributed by atoms with Crippen molar-refractivity contribution in [3.8, 4) is 0 Å². The Balaban J connectivity index is 1.45. The Morgan fingerprint density at radius 2 is 1.89 bits per heavy atom. The van der Waals surface area contributed by atoms with Crippen LogP contribution in [0.4, 0.5) is 0 Å². The van der Waals surface area contributed by atoms with Crippen molar-refractivity contribution >= 4 is 17.7 Å². The number of hydrogen-bond acceptors (Lipinski definition) is 3. The number of nitrogens with zero attached hydrogens (tertiary/aromatic N) is 2. The molecule has 0 radical (unpaired) electrons. The first-order chi connectivity index (χ1) is 13.3. The quantitative estimate of drug-likeness (QED) is 0.445. The van der Waals surface area contributed by atoms with Gasteiger partial charge in [-0.3, -0.25) is 4.99 Å². The van der Waals surface area contributed by atoms with Gasteiger partial charge in [0.15, 0.2) is 5.96 Å². The highest BCUT2D eigenvalue weighted by Crippen LogP contribution is 2.25. The molecule has 144 valence electrons. The zero-order chi connectivity index (χ0) is 18.9. The molecule has 1 saturated heterocycles. The van der Waals surface area contributed by atoms with Crippen LogP contribution in [0, 0.1) is 5.92 Å². The molecule has 1 aliphatic heterocycles. The molecule has 1 N–H and O–H groups in total. The summed E-state index contributed by atoms with van der Waals surface area (Å²) in [5.74, 6) is 2.88. The van der Waals surface area contributed by atoms with Crippen molar-refractivity contribution < 1.29 is 4.74 Å². The van der Waals surface area contributed by atoms with E-state index in [1.807, 2.05) is 18.8 Å². The first-order valence-electron chi connectivity index (χ1n) is 9.48. The van der Waals surface area contributed by atoms with Gasteiger partial charge in [-0.25, -0.2) is 0 Å². The van der Waals surface area contributed by atoms with Gasteiger partial charge in [0.2, 0.25) is 0 Å². The highest BCUT2D eigenvalue weighted by molar-refractivity contribution is 7.99. The number of guanidine groups is 1. The monoisotopic (exact) mass is 383 g/mol. The third kappa shape index (κ3) is 6.01. The van der Waals surface area contributed by atoms with Gasteiger partial charge in [0.1, 0.15) is 0 Å². The zero-order valence-electron chi connectivity index (χ0n) is 16.2. The minimum atomic E-state index is 0.658. The van der Waals surface area contributed by atoms with Crippen LogP contribution >= 0.6 is 11.8 Å². The summed E-state index contributed by atoms with van der Waals surface area (Å²) >= 11 is 1.96. The van der Waals surface area contributed by atoms with E-state index in [1.165, 1.54) is 28.2 Å². The van der Waals surface area contributed by atoms with E-state index in [1.54, 1.807) is 7.11 Å². The number of benzene rings is 2. The first kappa shape index (κ1) is 19.8. The standard InChI is InChI=1S/C22H29N3OS/c1-23-22(24-14-18-8-10-19(11-9-18)16-26-2)25-13-12-20(15-25)17-27-21-6-4-3-5-7-21/h3-11,20H,12-17H2,1-2H3,(H,23,24). The fraction of sp³-hybridized carbons (Fsp3) is 0.409. The summed E-state index contributed by atoms with van der Waals surface area (Å²) in [5, 5.41) is 3.51. The van der Waals surface area contributed by atoms with Crippen LogP contribution in [0.5, 0.6) is 0 Å². The van der Waals surface area contributed by atoms with Crippen LogP contribution in [0.3, 0.4) is 0 Å². The van der Waals surface area contributed by atoms with Crippen LogP contribution in [-0.4, -0.2) is 43.9 Å². The molecule has 2 aromatic rings. The third-order valence-electron chi connectivity index (χ3n) is 4.81. The Bertz CT molecular complexity index is 718. The molecule has 1 unspecified atom stereocenters. The number of likely N-dealkylation sites (tertiary alicyclic amines) is 1. The highest BCUT2D eigenvalue weighted by Gasteiger charge is 2.24. The first-order valence-corrected chi connectivity index (χ1v) is 10.5. The molecule has 1 heterocycles. The second-order valence-corrected chi connectivity index (χ2v) is 7.97. The van der Waals surface area contributed by atoms with Crippen molar-refractivity contribution in [1.82, 2.24) is 10.2 Å². The molecule has 1 atom stereocenters. The van der Waals surface area contributed by atoms with Crippen molar-refractivity contribution in [3.63, 3.8) is 0 Å². The van der Waals surface area contributed by atoms with E-state index in [4.69, 9.17) is 4.74 Å². The predicted molar refractivity (Wildman–Crippen MR) is 114 cm³/mol. The second-order valence-electron chi connectivity index (χ2n) is 6.88. The van der Waals surface area contributed by atoms with Crippen LogP contribution in [0.25, 0.3) is 0 Å². The topological polar surface area (TPSA) is 36.9 Å². The van der Waals surface area contributed by atoms with Gasteiger partial charge in [0.05, 0.1) is 6.61 Å². The molecule has 27 heavy (non-hydrogen) atoms. The van der Waals surface area contributed by atoms with Gasteiger partial charge >= 0.3 is 0 Å². The van der Waals surface area contributed by atoms with E-state index in [9.17, 15) is 0 Å². The largest absolute Gasteiger partial charge is 0.380 e. The van der Waals surface area contributed by atoms with Crippen LogP contribution in [0.2, 0.25) is 0 Å². The molecule has 3 rings (SSSR count). The van der Waals surface area contributed by atoms with E-state index in [0.717, 1.165) is 25.6 Å². The summed E-state index contributed by atoms with van der Waals surface area (Å²) in [4.78, 5) is 8.23. The number of ether oxygens (including phenoxy) is 1. The minimum absolute atomic E-state index is 0.658. The van der Waals surface area contributed by atoms with E-state index in [-0.39, 0.29) is 0 Å². The van der Waals surface area contributed by atoms with Crippen molar-refractivity contribution in [3.05, 3.63) is 65.7 Å². The molecule has 2 aromatic carbocycles. The maximum absolute atomic E-state index is 5.17. The SMILES string of the molecule is CN=C(NCc1ccc(COC)cc1)N1CCC(CSc2ccccc2)C1. The second kappa shape index (κ2) is 10.4. The lowest BCUT2D eigenvalue weighted by atomic mass is 10.1. The van der Waals surface area contributed by atoms with Crippen LogP contribution in [-0.2, 0) is 17.9 Å². The fourth-order valence-electron chi connectivity index (χ4n) is 3.33. The molecule has 0 saturated carbocycles. The van der Waals surface area contributed by atoms with Crippen molar-refractivity contribution in [2.24, 2.45) is 10.9 Å². The summed E-state index contributed by atoms with van der Waals surface area (Å²) in [7, 11) is 3.59. The molecule has 5 heteroatoms. The van der Waals surface area contributed by atoms with Gasteiger partial charge in [-0.1, -0.05) is 42.5 Å². The van der Waals surface area contributed by atoms with Crippen molar-refractivity contribution in [1.29, 1.82) is 0 Å². The van der Waals surface area contributed by atoms with Crippen molar-refractivity contribution in [2.75, 3.05) is 33.0 Å². The smallest absolute Gasteiger partial charge is 0.193 e. The Labute approximate surface area is 167 Å². The number of rotatable bonds is 7. The zero-order valence-corrected chi connectivity index (χ0v) is 17.0. The molecule has 0 bridgehead atoms. The molecular formula is C22H29N3OS. The van der Waals surface area contributed by atoms with Gasteiger partial charge < -0.3 is 15.0 Å². The Hall–Kier alpha value is -1.98. The number of nitrogens with one attached hydrogen (secondary N) is 1. The van der Waals surface area contributed by atoms with Crippen LogP contribution < -0.4 is 5.32 Å². The van der Waals surface area contributed by atoms with Crippen LogP contribution in [0.1, 0.15) is 17.5 Å². The molecular weight excluding hydrogens is 354 g/mol. The Morgan fingerprint density at radius 3 is 2.59 bits per heavy atom. The average molecular weight is 384 g/mol. The van der Waals surface area contributed by atoms with Gasteiger partial charge in [0, 0.05) is 44.4 Å². The summed E-state index contributed by atoms with van der Waals surface area (Å²) in [5.41, 5.74) is 2.45. The minimum Gasteiger partial charge on any atom is -0.380 e. The number of methoxy groups -OCH3 is 1. The van der Waals surface area contributed by atoms with E-state index >= 15 is 0 Å². The van der Waals surface area contributed by atoms with Gasteiger partial charge in [-0.05, 0) is 35.6 Å². The van der Waals surface area contributed by atoms with Gasteiger partial charge in [-0.15, -0.1) is 11.8 Å². The molecule has 0 spiro atoms. The van der Waals surface area contributed by atoms with Crippen LogP contribution in [0.15, 0.2) is 64.5 Å². The van der Waals surface area contributed by atoms with Gasteiger partial charge in [0.25, 0.3) is 0 Å². The molecule has 1 fully saturated rings.